The fraction of sp³-hybridized carbons (Fsp3) is 0. The van der Waals surface area contributed by atoms with Gasteiger partial charge in [0, 0.05) is 12.1 Å². The number of phenols is 2. The Labute approximate surface area is 101 Å². The molecule has 8 nitrogen and oxygen atoms in total. The Hall–Kier alpha value is -2.42. The van der Waals surface area contributed by atoms with Gasteiger partial charge >= 0.3 is 5.69 Å². The molecule has 0 aliphatic carbocycles. The number of nitrogens with zero attached hydrogens (tertiary/aromatic N) is 1. The maximum absolute atomic E-state index is 10.5. The molecule has 0 aromatic heterocycles. The van der Waals surface area contributed by atoms with E-state index in [-0.39, 0.29) is 16.4 Å². The molecule has 0 saturated heterocycles. The molecule has 0 aliphatic heterocycles. The third kappa shape index (κ3) is 3.28. The molecule has 1 rings (SSSR count). The molecular formula is C8H9N4O4S+. The number of phenolic OH excluding ortho intramolecular Hbond substituents is 2. The molecule has 9 heteroatoms. The van der Waals surface area contributed by atoms with Crippen LogP contribution < -0.4 is 16.3 Å². The highest BCUT2D eigenvalue weighted by Crippen LogP contribution is 2.31. The van der Waals surface area contributed by atoms with Gasteiger partial charge in [-0.15, -0.1) is 10.5 Å². The number of nitrogens with one attached hydrogen (secondary N) is 2. The molecule has 0 heterocycles. The third-order valence-electron chi connectivity index (χ3n) is 1.74. The van der Waals surface area contributed by atoms with E-state index in [2.05, 4.69) is 22.7 Å². The largest absolute Gasteiger partial charge is 0.507 e. The Bertz CT molecular complexity index is 503. The van der Waals surface area contributed by atoms with E-state index < -0.39 is 16.4 Å². The van der Waals surface area contributed by atoms with Crippen molar-refractivity contribution in [2.45, 2.75) is 0 Å². The molecule has 1 aromatic rings. The molecule has 90 valence electrons. The molecule has 0 bridgehead atoms. The van der Waals surface area contributed by atoms with Crippen LogP contribution in [0.1, 0.15) is 5.56 Å². The summed E-state index contributed by atoms with van der Waals surface area (Å²) in [5.41, 5.74) is 7.04. The number of thiocarbonyl (C=S) groups is 1. The number of aromatic hydroxyl groups is 2. The summed E-state index contributed by atoms with van der Waals surface area (Å²) in [4.78, 5) is 9.77. The van der Waals surface area contributed by atoms with Crippen molar-refractivity contribution in [3.63, 3.8) is 0 Å². The number of hydrazone groups is 1. The monoisotopic (exact) mass is 257 g/mol. The van der Waals surface area contributed by atoms with Gasteiger partial charge in [-0.3, -0.25) is 10.1 Å². The first-order chi connectivity index (χ1) is 7.91. The molecular weight excluding hydrogens is 248 g/mol. The van der Waals surface area contributed by atoms with Crippen molar-refractivity contribution < 1.29 is 20.2 Å². The lowest BCUT2D eigenvalue weighted by atomic mass is 10.2. The molecule has 0 aliphatic rings. The fourth-order valence-electron chi connectivity index (χ4n) is 1.03. The van der Waals surface area contributed by atoms with Crippen LogP contribution >= 0.6 is 12.2 Å². The number of nitro benzene ring substituents is 1. The van der Waals surface area contributed by atoms with Crippen molar-refractivity contribution in [2.75, 3.05) is 0 Å². The van der Waals surface area contributed by atoms with Crippen molar-refractivity contribution in [3.05, 3.63) is 27.8 Å². The number of rotatable bonds is 3. The Morgan fingerprint density at radius 2 is 2.18 bits per heavy atom. The van der Waals surface area contributed by atoms with E-state index in [4.69, 9.17) is 5.73 Å². The van der Waals surface area contributed by atoms with Crippen LogP contribution in [0.25, 0.3) is 0 Å². The van der Waals surface area contributed by atoms with E-state index in [1.165, 1.54) is 6.21 Å². The Morgan fingerprint density at radius 3 is 2.71 bits per heavy atom. The molecule has 0 spiro atoms. The fourth-order valence-corrected chi connectivity index (χ4v) is 1.09. The SMILES string of the molecule is NC(=S)N/[NH+]=C/c1cc([N+](=O)[O-])c(O)cc1O. The number of hydrogen-bond donors (Lipinski definition) is 5. The Morgan fingerprint density at radius 1 is 1.53 bits per heavy atom. The normalized spacial score (nSPS) is 10.4. The quantitative estimate of drug-likeness (QED) is 0.187. The number of hydrazine groups is 1. The van der Waals surface area contributed by atoms with E-state index >= 15 is 0 Å². The van der Waals surface area contributed by atoms with Gasteiger partial charge < -0.3 is 15.9 Å². The summed E-state index contributed by atoms with van der Waals surface area (Å²) < 4.78 is 0. The molecule has 0 unspecified atom stereocenters. The molecule has 0 saturated carbocycles. The van der Waals surface area contributed by atoms with Crippen LogP contribution in [0.5, 0.6) is 11.5 Å². The molecule has 0 fully saturated rings. The number of nitro groups is 1. The second kappa shape index (κ2) is 5.07. The van der Waals surface area contributed by atoms with Gasteiger partial charge in [0.15, 0.2) is 5.75 Å². The number of hydrogen-bond acceptors (Lipinski definition) is 5. The first kappa shape index (κ1) is 12.6. The van der Waals surface area contributed by atoms with Gasteiger partial charge in [0.25, 0.3) is 0 Å². The summed E-state index contributed by atoms with van der Waals surface area (Å²) in [7, 11) is 0. The van der Waals surface area contributed by atoms with Crippen LogP contribution in [0.4, 0.5) is 5.69 Å². The number of benzene rings is 1. The van der Waals surface area contributed by atoms with Gasteiger partial charge in [-0.2, -0.15) is 0 Å². The molecule has 0 atom stereocenters. The Kier molecular flexibility index (Phi) is 3.78. The van der Waals surface area contributed by atoms with Crippen LogP contribution in [0.2, 0.25) is 0 Å². The van der Waals surface area contributed by atoms with Gasteiger partial charge in [0.05, 0.1) is 10.5 Å². The minimum Gasteiger partial charge on any atom is -0.507 e. The average molecular weight is 257 g/mol. The van der Waals surface area contributed by atoms with Crippen molar-refractivity contribution in [3.8, 4) is 11.5 Å². The lowest BCUT2D eigenvalue weighted by Gasteiger charge is -1.99. The highest BCUT2D eigenvalue weighted by Gasteiger charge is 2.17. The van der Waals surface area contributed by atoms with Gasteiger partial charge in [0.2, 0.25) is 11.3 Å². The van der Waals surface area contributed by atoms with Crippen LogP contribution in [-0.2, 0) is 0 Å². The van der Waals surface area contributed by atoms with Crippen LogP contribution in [0.3, 0.4) is 0 Å². The molecule has 0 amide bonds. The van der Waals surface area contributed by atoms with Crippen molar-refractivity contribution in [1.82, 2.24) is 5.43 Å². The standard InChI is InChI=1S/C8H8N4O4S/c9-8(17)11-10-3-4-1-5(12(15)16)7(14)2-6(4)13/h1-3,13-14H,(H3,9,11,17)/p+1/b10-3+. The lowest BCUT2D eigenvalue weighted by Crippen LogP contribution is -2.82. The van der Waals surface area contributed by atoms with Crippen LogP contribution in [0.15, 0.2) is 12.1 Å². The van der Waals surface area contributed by atoms with Crippen LogP contribution in [0, 0.1) is 10.1 Å². The predicted molar refractivity (Wildman–Crippen MR) is 62.5 cm³/mol. The van der Waals surface area contributed by atoms with E-state index in [9.17, 15) is 20.3 Å². The minimum atomic E-state index is -0.771. The van der Waals surface area contributed by atoms with Crippen LogP contribution in [-0.4, -0.2) is 26.5 Å². The Balaban J connectivity index is 3.07. The average Bonchev–Trinajstić information content (AvgIpc) is 2.20. The first-order valence-electron chi connectivity index (χ1n) is 4.26. The summed E-state index contributed by atoms with van der Waals surface area (Å²) in [6, 6.07) is 1.87. The highest BCUT2D eigenvalue weighted by atomic mass is 32.1. The molecule has 1 aromatic carbocycles. The van der Waals surface area contributed by atoms with Gasteiger partial charge in [0.1, 0.15) is 5.75 Å². The lowest BCUT2D eigenvalue weighted by molar-refractivity contribution is -0.499. The number of nitrogens with two attached hydrogens (primary N) is 1. The summed E-state index contributed by atoms with van der Waals surface area (Å²) in [5, 5.41) is 31.6. The smallest absolute Gasteiger partial charge is 0.311 e. The summed E-state index contributed by atoms with van der Waals surface area (Å²) >= 11 is 4.51. The molecule has 0 radical (unpaired) electrons. The van der Waals surface area contributed by atoms with E-state index in [1.807, 2.05) is 0 Å². The van der Waals surface area contributed by atoms with Gasteiger partial charge in [-0.1, -0.05) is 0 Å². The van der Waals surface area contributed by atoms with Gasteiger partial charge in [-0.25, -0.2) is 0 Å². The second-order valence-electron chi connectivity index (χ2n) is 2.93. The molecule has 17 heavy (non-hydrogen) atoms. The van der Waals surface area contributed by atoms with Crippen molar-refractivity contribution in [2.24, 2.45) is 5.73 Å². The highest BCUT2D eigenvalue weighted by molar-refractivity contribution is 7.80. The van der Waals surface area contributed by atoms with E-state index in [0.717, 1.165) is 12.1 Å². The van der Waals surface area contributed by atoms with Crippen molar-refractivity contribution in [1.29, 1.82) is 0 Å². The summed E-state index contributed by atoms with van der Waals surface area (Å²) in [6.07, 6.45) is 1.21. The summed E-state index contributed by atoms with van der Waals surface area (Å²) in [6.45, 7) is 0. The van der Waals surface area contributed by atoms with E-state index in [1.54, 1.807) is 0 Å². The zero-order chi connectivity index (χ0) is 13.0. The topological polar surface area (TPSA) is 136 Å². The van der Waals surface area contributed by atoms with Gasteiger partial charge in [-0.05, 0) is 12.2 Å². The summed E-state index contributed by atoms with van der Waals surface area (Å²) in [5.74, 6) is -0.947. The van der Waals surface area contributed by atoms with Crippen molar-refractivity contribution >= 4 is 29.2 Å². The zero-order valence-electron chi connectivity index (χ0n) is 8.38. The second-order valence-corrected chi connectivity index (χ2v) is 3.37. The maximum Gasteiger partial charge on any atom is 0.311 e. The van der Waals surface area contributed by atoms with E-state index in [0.29, 0.717) is 0 Å². The minimum absolute atomic E-state index is 0.0333. The maximum atomic E-state index is 10.5. The predicted octanol–water partition coefficient (Wildman–Crippen LogP) is -1.75. The third-order valence-corrected chi connectivity index (χ3v) is 1.85. The zero-order valence-corrected chi connectivity index (χ0v) is 9.19. The first-order valence-corrected chi connectivity index (χ1v) is 4.67. The molecule has 6 N–H and O–H groups in total.